The molecular weight excluding hydrogens is 226 g/mol. The highest BCUT2D eigenvalue weighted by Crippen LogP contribution is 2.20. The summed E-state index contributed by atoms with van der Waals surface area (Å²) in [5.74, 6) is 0.530. The van der Waals surface area contributed by atoms with Crippen LogP contribution in [0.1, 0.15) is 24.2 Å². The van der Waals surface area contributed by atoms with Crippen molar-refractivity contribution in [2.24, 2.45) is 0 Å². The van der Waals surface area contributed by atoms with Crippen molar-refractivity contribution in [3.05, 3.63) is 53.7 Å². The maximum atomic E-state index is 5.02. The summed E-state index contributed by atoms with van der Waals surface area (Å²) in [7, 11) is 1.59. The molecule has 1 heterocycles. The minimum absolute atomic E-state index is 0.0645. The van der Waals surface area contributed by atoms with E-state index in [0.29, 0.717) is 5.88 Å². The Morgan fingerprint density at radius 3 is 2.44 bits per heavy atom. The van der Waals surface area contributed by atoms with Crippen molar-refractivity contribution in [1.29, 1.82) is 0 Å². The van der Waals surface area contributed by atoms with Gasteiger partial charge in [-0.15, -0.1) is 10.2 Å². The molecule has 1 atom stereocenters. The third-order valence-electron chi connectivity index (χ3n) is 2.71. The standard InChI is InChI=1S/C14H17N3O/c1-3-15-14(11-7-5-4-6-8-11)12-9-10-13(18-2)17-16-12/h4-10,14-15H,3H2,1-2H3. The van der Waals surface area contributed by atoms with Crippen molar-refractivity contribution >= 4 is 0 Å². The summed E-state index contributed by atoms with van der Waals surface area (Å²) in [5.41, 5.74) is 2.07. The van der Waals surface area contributed by atoms with Crippen LogP contribution in [0.25, 0.3) is 0 Å². The summed E-state index contributed by atoms with van der Waals surface area (Å²) in [5, 5.41) is 11.6. The van der Waals surface area contributed by atoms with E-state index in [1.54, 1.807) is 7.11 Å². The van der Waals surface area contributed by atoms with E-state index >= 15 is 0 Å². The van der Waals surface area contributed by atoms with Crippen molar-refractivity contribution in [2.75, 3.05) is 13.7 Å². The molecule has 0 saturated carbocycles. The van der Waals surface area contributed by atoms with Crippen LogP contribution in [0.15, 0.2) is 42.5 Å². The topological polar surface area (TPSA) is 47.0 Å². The zero-order chi connectivity index (χ0) is 12.8. The first-order chi connectivity index (χ1) is 8.85. The molecule has 0 aliphatic carbocycles. The molecule has 2 aromatic rings. The van der Waals surface area contributed by atoms with E-state index in [2.05, 4.69) is 34.6 Å². The second-order valence-corrected chi connectivity index (χ2v) is 3.90. The molecular formula is C14H17N3O. The van der Waals surface area contributed by atoms with E-state index < -0.39 is 0 Å². The average molecular weight is 243 g/mol. The Bertz CT molecular complexity index is 470. The molecule has 2 rings (SSSR count). The van der Waals surface area contributed by atoms with Crippen LogP contribution in [0.5, 0.6) is 5.88 Å². The number of hydrogen-bond acceptors (Lipinski definition) is 4. The maximum Gasteiger partial charge on any atom is 0.233 e. The third kappa shape index (κ3) is 2.84. The van der Waals surface area contributed by atoms with Crippen LogP contribution < -0.4 is 10.1 Å². The molecule has 94 valence electrons. The smallest absolute Gasteiger partial charge is 0.233 e. The van der Waals surface area contributed by atoms with Crippen molar-refractivity contribution in [3.8, 4) is 5.88 Å². The predicted molar refractivity (Wildman–Crippen MR) is 70.5 cm³/mol. The summed E-state index contributed by atoms with van der Waals surface area (Å²) in [6.07, 6.45) is 0. The molecule has 4 heteroatoms. The Labute approximate surface area is 107 Å². The van der Waals surface area contributed by atoms with E-state index in [4.69, 9.17) is 4.74 Å². The molecule has 18 heavy (non-hydrogen) atoms. The van der Waals surface area contributed by atoms with Crippen LogP contribution in [-0.4, -0.2) is 23.9 Å². The number of rotatable bonds is 5. The molecule has 0 saturated heterocycles. The van der Waals surface area contributed by atoms with Gasteiger partial charge in [-0.3, -0.25) is 0 Å². The first-order valence-corrected chi connectivity index (χ1v) is 6.01. The molecule has 0 bridgehead atoms. The second kappa shape index (κ2) is 6.12. The molecule has 1 aromatic carbocycles. The van der Waals surface area contributed by atoms with E-state index in [0.717, 1.165) is 12.2 Å². The van der Waals surface area contributed by atoms with Gasteiger partial charge in [0.25, 0.3) is 0 Å². The molecule has 0 amide bonds. The van der Waals surface area contributed by atoms with Crippen LogP contribution >= 0.6 is 0 Å². The first-order valence-electron chi connectivity index (χ1n) is 6.01. The Hall–Kier alpha value is -1.94. The minimum atomic E-state index is 0.0645. The van der Waals surface area contributed by atoms with Crippen LogP contribution in [-0.2, 0) is 0 Å². The van der Waals surface area contributed by atoms with Crippen molar-refractivity contribution < 1.29 is 4.74 Å². The predicted octanol–water partition coefficient (Wildman–Crippen LogP) is 2.18. The number of aromatic nitrogens is 2. The monoisotopic (exact) mass is 243 g/mol. The van der Waals surface area contributed by atoms with Gasteiger partial charge >= 0.3 is 0 Å². The van der Waals surface area contributed by atoms with Crippen molar-refractivity contribution in [3.63, 3.8) is 0 Å². The maximum absolute atomic E-state index is 5.02. The molecule has 4 nitrogen and oxygen atoms in total. The molecule has 1 N–H and O–H groups in total. The molecule has 0 aliphatic heterocycles. The van der Waals surface area contributed by atoms with Gasteiger partial charge in [-0.25, -0.2) is 0 Å². The molecule has 0 aliphatic rings. The number of nitrogens with zero attached hydrogens (tertiary/aromatic N) is 2. The van der Waals surface area contributed by atoms with Gasteiger partial charge in [0.15, 0.2) is 0 Å². The lowest BCUT2D eigenvalue weighted by Gasteiger charge is -2.17. The second-order valence-electron chi connectivity index (χ2n) is 3.90. The quantitative estimate of drug-likeness (QED) is 0.874. The molecule has 0 spiro atoms. The van der Waals surface area contributed by atoms with E-state index in [1.807, 2.05) is 30.3 Å². The largest absolute Gasteiger partial charge is 0.480 e. The number of benzene rings is 1. The summed E-state index contributed by atoms with van der Waals surface area (Å²) >= 11 is 0. The first kappa shape index (κ1) is 12.5. The number of ether oxygens (including phenoxy) is 1. The summed E-state index contributed by atoms with van der Waals surface area (Å²) in [4.78, 5) is 0. The molecule has 1 aromatic heterocycles. The third-order valence-corrected chi connectivity index (χ3v) is 2.71. The highest BCUT2D eigenvalue weighted by Gasteiger charge is 2.14. The summed E-state index contributed by atoms with van der Waals surface area (Å²) in [6, 6.07) is 14.1. The van der Waals surface area contributed by atoms with Crippen LogP contribution in [0.2, 0.25) is 0 Å². The normalized spacial score (nSPS) is 12.1. The van der Waals surface area contributed by atoms with E-state index in [-0.39, 0.29) is 6.04 Å². The van der Waals surface area contributed by atoms with Gasteiger partial charge < -0.3 is 10.1 Å². The van der Waals surface area contributed by atoms with Gasteiger partial charge in [-0.1, -0.05) is 37.3 Å². The zero-order valence-electron chi connectivity index (χ0n) is 10.6. The van der Waals surface area contributed by atoms with Gasteiger partial charge in [0.2, 0.25) is 5.88 Å². The van der Waals surface area contributed by atoms with Crippen LogP contribution in [0.3, 0.4) is 0 Å². The number of methoxy groups -OCH3 is 1. The summed E-state index contributed by atoms with van der Waals surface area (Å²) in [6.45, 7) is 2.94. The number of nitrogens with one attached hydrogen (secondary N) is 1. The fourth-order valence-electron chi connectivity index (χ4n) is 1.84. The van der Waals surface area contributed by atoms with Crippen molar-refractivity contribution in [1.82, 2.24) is 15.5 Å². The van der Waals surface area contributed by atoms with Gasteiger partial charge in [-0.2, -0.15) is 0 Å². The van der Waals surface area contributed by atoms with Crippen LogP contribution in [0, 0.1) is 0 Å². The van der Waals surface area contributed by atoms with Gasteiger partial charge in [0.05, 0.1) is 18.8 Å². The highest BCUT2D eigenvalue weighted by atomic mass is 16.5. The van der Waals surface area contributed by atoms with Crippen molar-refractivity contribution in [2.45, 2.75) is 13.0 Å². The fraction of sp³-hybridized carbons (Fsp3) is 0.286. The minimum Gasteiger partial charge on any atom is -0.480 e. The molecule has 0 radical (unpaired) electrons. The Kier molecular flexibility index (Phi) is 4.25. The number of hydrogen-bond donors (Lipinski definition) is 1. The van der Waals surface area contributed by atoms with Gasteiger partial charge in [0, 0.05) is 6.07 Å². The van der Waals surface area contributed by atoms with Gasteiger partial charge in [0.1, 0.15) is 0 Å². The van der Waals surface area contributed by atoms with E-state index in [9.17, 15) is 0 Å². The Morgan fingerprint density at radius 1 is 1.11 bits per heavy atom. The lowest BCUT2D eigenvalue weighted by Crippen LogP contribution is -2.23. The zero-order valence-corrected chi connectivity index (χ0v) is 10.6. The lowest BCUT2D eigenvalue weighted by atomic mass is 10.0. The van der Waals surface area contributed by atoms with Gasteiger partial charge in [-0.05, 0) is 18.2 Å². The molecule has 1 unspecified atom stereocenters. The molecule has 0 fully saturated rings. The fourth-order valence-corrected chi connectivity index (χ4v) is 1.84. The SMILES string of the molecule is CCNC(c1ccccc1)c1ccc(OC)nn1. The Morgan fingerprint density at radius 2 is 1.89 bits per heavy atom. The summed E-state index contributed by atoms with van der Waals surface area (Å²) < 4.78 is 5.02. The Balaban J connectivity index is 2.29. The lowest BCUT2D eigenvalue weighted by molar-refractivity contribution is 0.390. The highest BCUT2D eigenvalue weighted by molar-refractivity contribution is 5.28. The van der Waals surface area contributed by atoms with E-state index in [1.165, 1.54) is 5.56 Å². The average Bonchev–Trinajstić information content (AvgIpc) is 2.46. The van der Waals surface area contributed by atoms with Crippen LogP contribution in [0.4, 0.5) is 0 Å².